The van der Waals surface area contributed by atoms with Crippen molar-refractivity contribution in [2.45, 2.75) is 26.3 Å². The Morgan fingerprint density at radius 3 is 2.72 bits per heavy atom. The van der Waals surface area contributed by atoms with Crippen LogP contribution in [0.3, 0.4) is 0 Å². The average Bonchev–Trinajstić information content (AvgIpc) is 2.41. The molecule has 0 aliphatic carbocycles. The summed E-state index contributed by atoms with van der Waals surface area (Å²) in [5, 5.41) is 0. The number of benzene rings is 1. The zero-order chi connectivity index (χ0) is 13.0. The Morgan fingerprint density at radius 1 is 1.39 bits per heavy atom. The topological polar surface area (TPSA) is 29.5 Å². The third-order valence-corrected chi connectivity index (χ3v) is 3.71. The second-order valence-corrected chi connectivity index (χ2v) is 5.15. The third kappa shape index (κ3) is 3.10. The van der Waals surface area contributed by atoms with Crippen LogP contribution < -0.4 is 4.74 Å². The normalized spacial score (nSPS) is 17.7. The van der Waals surface area contributed by atoms with Gasteiger partial charge in [-0.25, -0.2) is 0 Å². The van der Waals surface area contributed by atoms with Gasteiger partial charge in [-0.2, -0.15) is 0 Å². The SMILES string of the molecule is COc1ccc(C=O)cc1CN1CCC(C)CC1. The number of hydrogen-bond acceptors (Lipinski definition) is 3. The minimum Gasteiger partial charge on any atom is -0.496 e. The molecule has 18 heavy (non-hydrogen) atoms. The number of carbonyl (C=O) groups is 1. The van der Waals surface area contributed by atoms with Crippen LogP contribution in [0.5, 0.6) is 5.75 Å². The molecule has 0 saturated carbocycles. The molecule has 0 bridgehead atoms. The zero-order valence-electron chi connectivity index (χ0n) is 11.2. The van der Waals surface area contributed by atoms with E-state index < -0.39 is 0 Å². The van der Waals surface area contributed by atoms with E-state index in [0.29, 0.717) is 0 Å². The molecule has 0 N–H and O–H groups in total. The standard InChI is InChI=1S/C15H21NO2/c1-12-5-7-16(8-6-12)10-14-9-13(11-17)3-4-15(14)18-2/h3-4,9,11-12H,5-8,10H2,1-2H3. The highest BCUT2D eigenvalue weighted by atomic mass is 16.5. The van der Waals surface area contributed by atoms with Gasteiger partial charge in [-0.1, -0.05) is 6.92 Å². The quantitative estimate of drug-likeness (QED) is 0.766. The van der Waals surface area contributed by atoms with Crippen LogP contribution in [0, 0.1) is 5.92 Å². The Hall–Kier alpha value is -1.35. The highest BCUT2D eigenvalue weighted by molar-refractivity contribution is 5.75. The van der Waals surface area contributed by atoms with Crippen molar-refractivity contribution in [1.29, 1.82) is 0 Å². The van der Waals surface area contributed by atoms with Gasteiger partial charge in [0.2, 0.25) is 0 Å². The Morgan fingerprint density at radius 2 is 2.11 bits per heavy atom. The number of hydrogen-bond donors (Lipinski definition) is 0. The van der Waals surface area contributed by atoms with E-state index in [1.807, 2.05) is 12.1 Å². The van der Waals surface area contributed by atoms with Gasteiger partial charge in [0.1, 0.15) is 12.0 Å². The van der Waals surface area contributed by atoms with Crippen LogP contribution >= 0.6 is 0 Å². The molecule has 3 heteroatoms. The predicted molar refractivity (Wildman–Crippen MR) is 72.1 cm³/mol. The number of methoxy groups -OCH3 is 1. The molecule has 1 saturated heterocycles. The highest BCUT2D eigenvalue weighted by Gasteiger charge is 2.17. The summed E-state index contributed by atoms with van der Waals surface area (Å²) in [6.07, 6.45) is 3.41. The first kappa shape index (κ1) is 13.1. The Bertz CT molecular complexity index is 409. The zero-order valence-corrected chi connectivity index (χ0v) is 11.2. The molecule has 3 nitrogen and oxygen atoms in total. The van der Waals surface area contributed by atoms with E-state index in [1.165, 1.54) is 12.8 Å². The lowest BCUT2D eigenvalue weighted by Gasteiger charge is -2.30. The maximum atomic E-state index is 10.8. The fraction of sp³-hybridized carbons (Fsp3) is 0.533. The van der Waals surface area contributed by atoms with E-state index >= 15 is 0 Å². The summed E-state index contributed by atoms with van der Waals surface area (Å²) < 4.78 is 5.36. The van der Waals surface area contributed by atoms with Crippen molar-refractivity contribution in [2.75, 3.05) is 20.2 Å². The van der Waals surface area contributed by atoms with Gasteiger partial charge in [-0.05, 0) is 50.0 Å². The molecule has 0 aromatic heterocycles. The minimum atomic E-state index is 0.719. The summed E-state index contributed by atoms with van der Waals surface area (Å²) in [6, 6.07) is 5.61. The molecule has 1 aliphatic rings. The molecule has 98 valence electrons. The Kier molecular flexibility index (Phi) is 4.37. The van der Waals surface area contributed by atoms with E-state index in [2.05, 4.69) is 11.8 Å². The molecule has 0 amide bonds. The Balaban J connectivity index is 2.09. The van der Waals surface area contributed by atoms with Crippen LogP contribution in [0.2, 0.25) is 0 Å². The van der Waals surface area contributed by atoms with E-state index in [1.54, 1.807) is 13.2 Å². The number of aldehydes is 1. The molecule has 0 radical (unpaired) electrons. The first-order valence-electron chi connectivity index (χ1n) is 6.57. The molecule has 0 atom stereocenters. The van der Waals surface area contributed by atoms with Crippen molar-refractivity contribution < 1.29 is 9.53 Å². The first-order valence-corrected chi connectivity index (χ1v) is 6.57. The number of carbonyl (C=O) groups excluding carboxylic acids is 1. The van der Waals surface area contributed by atoms with Gasteiger partial charge in [0, 0.05) is 17.7 Å². The van der Waals surface area contributed by atoms with Gasteiger partial charge in [0.05, 0.1) is 7.11 Å². The summed E-state index contributed by atoms with van der Waals surface area (Å²) in [7, 11) is 1.68. The first-order chi connectivity index (χ1) is 8.72. The van der Waals surface area contributed by atoms with Crippen molar-refractivity contribution in [3.63, 3.8) is 0 Å². The van der Waals surface area contributed by atoms with Gasteiger partial charge in [-0.3, -0.25) is 9.69 Å². The molecule has 1 heterocycles. The van der Waals surface area contributed by atoms with Crippen molar-refractivity contribution >= 4 is 6.29 Å². The third-order valence-electron chi connectivity index (χ3n) is 3.71. The molecular formula is C15H21NO2. The van der Waals surface area contributed by atoms with E-state index in [4.69, 9.17) is 4.74 Å². The van der Waals surface area contributed by atoms with Crippen LogP contribution in [0.4, 0.5) is 0 Å². The summed E-state index contributed by atoms with van der Waals surface area (Å²) in [4.78, 5) is 13.3. The van der Waals surface area contributed by atoms with Crippen LogP contribution in [0.15, 0.2) is 18.2 Å². The molecule has 1 aliphatic heterocycles. The summed E-state index contributed by atoms with van der Waals surface area (Å²) in [5.41, 5.74) is 1.83. The molecule has 0 spiro atoms. The van der Waals surface area contributed by atoms with Crippen molar-refractivity contribution in [1.82, 2.24) is 4.90 Å². The second-order valence-electron chi connectivity index (χ2n) is 5.15. The molecule has 2 rings (SSSR count). The summed E-state index contributed by atoms with van der Waals surface area (Å²) >= 11 is 0. The number of rotatable bonds is 4. The minimum absolute atomic E-state index is 0.719. The second kappa shape index (κ2) is 6.01. The van der Waals surface area contributed by atoms with Crippen molar-refractivity contribution in [2.24, 2.45) is 5.92 Å². The van der Waals surface area contributed by atoms with Crippen LogP contribution in [-0.4, -0.2) is 31.4 Å². The number of piperidine rings is 1. The van der Waals surface area contributed by atoms with Crippen LogP contribution in [0.25, 0.3) is 0 Å². The molecule has 1 aromatic rings. The molecule has 0 unspecified atom stereocenters. The summed E-state index contributed by atoms with van der Waals surface area (Å²) in [5.74, 6) is 1.71. The smallest absolute Gasteiger partial charge is 0.150 e. The Labute approximate surface area is 109 Å². The van der Waals surface area contributed by atoms with E-state index in [0.717, 1.165) is 48.7 Å². The van der Waals surface area contributed by atoms with Crippen molar-refractivity contribution in [3.8, 4) is 5.75 Å². The highest BCUT2D eigenvalue weighted by Crippen LogP contribution is 2.24. The average molecular weight is 247 g/mol. The van der Waals surface area contributed by atoms with Gasteiger partial charge in [-0.15, -0.1) is 0 Å². The lowest BCUT2D eigenvalue weighted by Crippen LogP contribution is -2.32. The lowest BCUT2D eigenvalue weighted by molar-refractivity contribution is 0.112. The van der Waals surface area contributed by atoms with E-state index in [9.17, 15) is 4.79 Å². The van der Waals surface area contributed by atoms with Gasteiger partial charge >= 0.3 is 0 Å². The van der Waals surface area contributed by atoms with E-state index in [-0.39, 0.29) is 0 Å². The van der Waals surface area contributed by atoms with Gasteiger partial charge in [0.25, 0.3) is 0 Å². The van der Waals surface area contributed by atoms with Crippen molar-refractivity contribution in [3.05, 3.63) is 29.3 Å². The molecule has 1 aromatic carbocycles. The monoisotopic (exact) mass is 247 g/mol. The number of nitrogens with zero attached hydrogens (tertiary/aromatic N) is 1. The van der Waals surface area contributed by atoms with Crippen LogP contribution in [0.1, 0.15) is 35.7 Å². The lowest BCUT2D eigenvalue weighted by atomic mass is 9.98. The molecular weight excluding hydrogens is 226 g/mol. The maximum Gasteiger partial charge on any atom is 0.150 e. The predicted octanol–water partition coefficient (Wildman–Crippen LogP) is 2.74. The maximum absolute atomic E-state index is 10.8. The fourth-order valence-corrected chi connectivity index (χ4v) is 2.46. The van der Waals surface area contributed by atoms with Gasteiger partial charge < -0.3 is 4.74 Å². The van der Waals surface area contributed by atoms with Crippen LogP contribution in [-0.2, 0) is 6.54 Å². The summed E-state index contributed by atoms with van der Waals surface area (Å²) in [6.45, 7) is 5.45. The van der Waals surface area contributed by atoms with Gasteiger partial charge in [0.15, 0.2) is 0 Å². The largest absolute Gasteiger partial charge is 0.496 e. The number of likely N-dealkylation sites (tertiary alicyclic amines) is 1. The molecule has 1 fully saturated rings. The fourth-order valence-electron chi connectivity index (χ4n) is 2.46. The number of ether oxygens (including phenoxy) is 1.